The molecule has 0 radical (unpaired) electrons. The molecule has 2 aliphatic heterocycles. The number of H-pyrrole nitrogens is 1. The van der Waals surface area contributed by atoms with Crippen molar-refractivity contribution in [3.8, 4) is 33.9 Å². The zero-order valence-electron chi connectivity index (χ0n) is 49.8. The summed E-state index contributed by atoms with van der Waals surface area (Å²) in [6, 6.07) is 15.0. The number of nitrogens with zero attached hydrogens (tertiary/aromatic N) is 8. The lowest BCUT2D eigenvalue weighted by atomic mass is 9.61. The lowest BCUT2D eigenvalue weighted by Gasteiger charge is -2.47. The zero-order valence-corrected chi connectivity index (χ0v) is 49.8. The molecule has 0 spiro atoms. The number of amides is 3. The van der Waals surface area contributed by atoms with Gasteiger partial charge in [0.1, 0.15) is 36.0 Å². The number of pyridine rings is 1. The Kier molecular flexibility index (Phi) is 21.4. The summed E-state index contributed by atoms with van der Waals surface area (Å²) in [4.78, 5) is 87.2. The minimum absolute atomic E-state index is 0.00196. The number of aliphatic carboxylic acids is 1. The SMILES string of the molecule is C[C@H]1[C@H]([C@H](OC(=O)NCCOCCOCCOCCn2nnc3c2-c2ccccc2CN(C(=O)CCC(=O)NCCOC(=O)[C@H]2C4CCC(CC4)[C@@H]2Nc2nc(-c4c[nH]c5ncc(F)cc45)ncc2F)c2ccccc2-3)[C@H](O)CO)OC(C(=O)O)=C[C@@H]1N=C(N)N. The fourth-order valence-corrected chi connectivity index (χ4v) is 12.2. The van der Waals surface area contributed by atoms with Gasteiger partial charge in [0, 0.05) is 59.6 Å². The molecule has 28 nitrogen and oxygen atoms in total. The highest BCUT2D eigenvalue weighted by atomic mass is 19.1. The van der Waals surface area contributed by atoms with Gasteiger partial charge in [-0.15, -0.1) is 5.10 Å². The molecule has 30 heteroatoms. The highest BCUT2D eigenvalue weighted by molar-refractivity contribution is 6.01. The summed E-state index contributed by atoms with van der Waals surface area (Å²) < 4.78 is 65.1. The Morgan fingerprint density at radius 3 is 2.34 bits per heavy atom. The molecule has 2 bridgehead atoms. The number of carbonyl (C=O) groups excluding carboxylic acids is 4. The van der Waals surface area contributed by atoms with Crippen LogP contribution in [0.15, 0.2) is 90.0 Å². The summed E-state index contributed by atoms with van der Waals surface area (Å²) in [6.07, 6.45) is 2.60. The first-order valence-electron chi connectivity index (χ1n) is 30.0. The van der Waals surface area contributed by atoms with Crippen LogP contribution in [-0.2, 0) is 60.7 Å². The molecule has 3 aliphatic carbocycles. The molecule has 6 aromatic rings. The van der Waals surface area contributed by atoms with E-state index in [4.69, 9.17) is 39.9 Å². The van der Waals surface area contributed by atoms with Crippen LogP contribution in [-0.4, -0.2) is 182 Å². The molecule has 0 unspecified atom stereocenters. The van der Waals surface area contributed by atoms with E-state index < -0.39 is 90.2 Å². The lowest BCUT2D eigenvalue weighted by molar-refractivity contribution is -0.155. The van der Waals surface area contributed by atoms with E-state index in [1.807, 2.05) is 48.5 Å². The summed E-state index contributed by atoms with van der Waals surface area (Å²) in [5.74, 6) is -5.86. The topological polar surface area (TPSA) is 390 Å². The summed E-state index contributed by atoms with van der Waals surface area (Å²) in [5, 5.41) is 47.8. The van der Waals surface area contributed by atoms with E-state index in [0.717, 1.165) is 54.9 Å². The van der Waals surface area contributed by atoms with Crippen LogP contribution in [0.4, 0.5) is 25.1 Å². The highest BCUT2D eigenvalue weighted by Crippen LogP contribution is 2.47. The van der Waals surface area contributed by atoms with Crippen LogP contribution < -0.4 is 32.3 Å². The number of para-hydroxylation sites is 1. The molecular formula is C61H72F2N14O14. The molecule has 11 N–H and O–H groups in total. The van der Waals surface area contributed by atoms with Crippen LogP contribution >= 0.6 is 0 Å². The van der Waals surface area contributed by atoms with Crippen molar-refractivity contribution < 1.29 is 76.5 Å². The highest BCUT2D eigenvalue weighted by Gasteiger charge is 2.49. The third-order valence-corrected chi connectivity index (χ3v) is 16.6. The largest absolute Gasteiger partial charge is 0.479 e. The van der Waals surface area contributed by atoms with E-state index >= 15 is 4.39 Å². The van der Waals surface area contributed by atoms with Gasteiger partial charge in [-0.3, -0.25) is 14.4 Å². The Morgan fingerprint density at radius 1 is 0.868 bits per heavy atom. The summed E-state index contributed by atoms with van der Waals surface area (Å²) in [6.45, 7) is 2.42. The standard InChI is InChI=1S/C61H72F2N14O14/c1-33-43(71-60(64)65)27-46(58(82)83)90-53(33)54(45(79)32-78)91-61(85)67-16-19-86-22-24-88-25-23-87-21-18-77-52-38-7-3-2-6-36(38)31-76(44-9-5-4-8-39(44)51(52)74-75-77)48(81)15-14-47(80)66-17-20-89-59(84)49-34-10-12-35(13-11-34)50(49)72-57-42(63)30-70-56(73-57)41-29-69-55-40(41)26-37(62)28-68-55/h2-9,26-30,33-35,43,45,49-50,53-54,78-79H,10-25,31-32H2,1H3,(H,66,80)(H,67,85)(H,68,69)(H,82,83)(H4,64,65,71)(H,70,72,73)/t33-,34?,35?,43+,45-,49+,50+,53-,54-/m1/s1. The molecular weight excluding hydrogens is 1190 g/mol. The Morgan fingerprint density at radius 2 is 1.58 bits per heavy atom. The van der Waals surface area contributed by atoms with Crippen LogP contribution in [0.5, 0.6) is 0 Å². The monoisotopic (exact) mass is 1260 g/mol. The van der Waals surface area contributed by atoms with Crippen molar-refractivity contribution in [1.29, 1.82) is 0 Å². The van der Waals surface area contributed by atoms with Crippen molar-refractivity contribution in [3.05, 3.63) is 102 Å². The number of aliphatic hydroxyl groups excluding tert-OH is 2. The molecule has 484 valence electrons. The second-order valence-electron chi connectivity index (χ2n) is 22.4. The van der Waals surface area contributed by atoms with Crippen molar-refractivity contribution in [2.75, 3.05) is 76.2 Å². The number of alkyl carbamates (subject to hydrolysis) is 1. The third kappa shape index (κ3) is 15.5. The molecule has 2 aromatic carbocycles. The molecule has 3 amide bonds. The number of anilines is 2. The number of benzene rings is 2. The maximum Gasteiger partial charge on any atom is 0.407 e. The van der Waals surface area contributed by atoms with Crippen molar-refractivity contribution in [3.63, 3.8) is 0 Å². The number of carboxylic acid groups (broad SMARTS) is 1. The van der Waals surface area contributed by atoms with Crippen molar-refractivity contribution in [2.45, 2.75) is 88.9 Å². The number of hydrogen-bond acceptors (Lipinski definition) is 20. The number of aliphatic hydroxyl groups is 2. The lowest BCUT2D eigenvalue weighted by Crippen LogP contribution is -2.52. The fourth-order valence-electron chi connectivity index (χ4n) is 12.2. The summed E-state index contributed by atoms with van der Waals surface area (Å²) in [7, 11) is 0. The Hall–Kier alpha value is -9.23. The van der Waals surface area contributed by atoms with Gasteiger partial charge >= 0.3 is 18.0 Å². The van der Waals surface area contributed by atoms with Gasteiger partial charge in [-0.25, -0.2) is 43.0 Å². The predicted octanol–water partition coefficient (Wildman–Crippen LogP) is 3.57. The van der Waals surface area contributed by atoms with Crippen molar-refractivity contribution >= 4 is 58.3 Å². The number of carboxylic acids is 1. The van der Waals surface area contributed by atoms with Gasteiger partial charge in [-0.05, 0) is 61.3 Å². The first kappa shape index (κ1) is 64.7. The molecule has 4 aromatic heterocycles. The van der Waals surface area contributed by atoms with Crippen LogP contribution in [0.2, 0.25) is 0 Å². The Bertz CT molecular complexity index is 3630. The third-order valence-electron chi connectivity index (χ3n) is 16.6. The van der Waals surface area contributed by atoms with Gasteiger partial charge < -0.3 is 81.0 Å². The molecule has 11 rings (SSSR count). The second-order valence-corrected chi connectivity index (χ2v) is 22.4. The number of halogens is 2. The van der Waals surface area contributed by atoms with Crippen LogP contribution in [0.25, 0.3) is 44.9 Å². The number of rotatable bonds is 28. The van der Waals surface area contributed by atoms with Gasteiger partial charge in [0.25, 0.3) is 0 Å². The molecule has 0 saturated heterocycles. The quantitative estimate of drug-likeness (QED) is 0.0147. The number of ether oxygens (including phenoxy) is 6. The van der Waals surface area contributed by atoms with Crippen LogP contribution in [0.3, 0.4) is 0 Å². The van der Waals surface area contributed by atoms with Gasteiger partial charge in [-0.1, -0.05) is 54.6 Å². The van der Waals surface area contributed by atoms with Gasteiger partial charge in [0.15, 0.2) is 29.5 Å². The second kappa shape index (κ2) is 30.1. The molecule has 91 heavy (non-hydrogen) atoms. The molecule has 6 heterocycles. The van der Waals surface area contributed by atoms with E-state index in [2.05, 4.69) is 51.2 Å². The average molecular weight is 1260 g/mol. The summed E-state index contributed by atoms with van der Waals surface area (Å²) in [5.41, 5.74) is 16.1. The maximum atomic E-state index is 15.4. The van der Waals surface area contributed by atoms with Crippen LogP contribution in [0, 0.1) is 35.3 Å². The minimum Gasteiger partial charge on any atom is -0.479 e. The number of nitrogens with one attached hydrogen (secondary N) is 4. The smallest absolute Gasteiger partial charge is 0.407 e. The number of guanidine groups is 1. The number of aliphatic imine (C=N–C) groups is 1. The normalized spacial score (nSPS) is 20.5. The first-order chi connectivity index (χ1) is 44.1. The van der Waals surface area contributed by atoms with E-state index in [1.165, 1.54) is 12.1 Å². The van der Waals surface area contributed by atoms with Gasteiger partial charge in [0.2, 0.25) is 17.6 Å². The first-order valence-corrected chi connectivity index (χ1v) is 30.0. The summed E-state index contributed by atoms with van der Waals surface area (Å²) >= 11 is 0. The van der Waals surface area contributed by atoms with E-state index in [0.29, 0.717) is 40.1 Å². The Labute approximate surface area is 520 Å². The molecule has 7 atom stereocenters. The average Bonchev–Trinajstić information content (AvgIpc) is 1.83. The van der Waals surface area contributed by atoms with Gasteiger partial charge in [0.05, 0.1) is 102 Å². The molecule has 3 fully saturated rings. The minimum atomic E-state index is -1.64. The fraction of sp³-hybridized carbons (Fsp3) is 0.459. The van der Waals surface area contributed by atoms with E-state index in [-0.39, 0.29) is 114 Å². The number of aromatic nitrogens is 7. The van der Waals surface area contributed by atoms with Crippen molar-refractivity contribution in [2.24, 2.45) is 40.1 Å². The van der Waals surface area contributed by atoms with E-state index in [9.17, 15) is 43.7 Å². The molecule has 5 aliphatic rings. The molecule has 3 saturated carbocycles. The predicted molar refractivity (Wildman–Crippen MR) is 322 cm³/mol. The number of aromatic amines is 1. The van der Waals surface area contributed by atoms with Gasteiger partial charge in [-0.2, -0.15) is 0 Å². The van der Waals surface area contributed by atoms with E-state index in [1.54, 1.807) is 22.7 Å². The zero-order chi connectivity index (χ0) is 64.1. The number of esters is 1. The van der Waals surface area contributed by atoms with Crippen molar-refractivity contribution in [1.82, 2.24) is 45.6 Å². The number of carbonyl (C=O) groups is 5. The number of nitrogens with two attached hydrogens (primary N) is 2. The number of fused-ring (bicyclic) bond motifs is 9. The number of hydrogen-bond donors (Lipinski definition) is 9. The van der Waals surface area contributed by atoms with Crippen LogP contribution in [0.1, 0.15) is 51.0 Å². The maximum absolute atomic E-state index is 15.4. The Balaban J connectivity index is 0.650.